The van der Waals surface area contributed by atoms with Crippen molar-refractivity contribution in [3.8, 4) is 11.5 Å². The number of methoxy groups -OCH3 is 2. The van der Waals surface area contributed by atoms with E-state index in [0.29, 0.717) is 51.1 Å². The molecule has 2 aromatic heterocycles. The fourth-order valence-corrected chi connectivity index (χ4v) is 7.28. The summed E-state index contributed by atoms with van der Waals surface area (Å²) in [5.41, 5.74) is 4.54. The van der Waals surface area contributed by atoms with E-state index in [1.54, 1.807) is 54.2 Å². The summed E-state index contributed by atoms with van der Waals surface area (Å²) in [6.45, 7) is 0.364. The van der Waals surface area contributed by atoms with Crippen LogP contribution in [0.15, 0.2) is 77.9 Å². The molecular weight excluding hydrogens is 737 g/mol. The van der Waals surface area contributed by atoms with Gasteiger partial charge in [0.2, 0.25) is 5.91 Å². The molecule has 3 N–H and O–H groups in total. The summed E-state index contributed by atoms with van der Waals surface area (Å²) in [6, 6.07) is 20.2. The first-order valence-corrected chi connectivity index (χ1v) is 18.7. The number of rotatable bonds is 16. The van der Waals surface area contributed by atoms with Gasteiger partial charge >= 0.3 is 5.97 Å². The van der Waals surface area contributed by atoms with Gasteiger partial charge in [-0.2, -0.15) is 0 Å². The number of nitrogens with one attached hydrogen (secondary N) is 3. The number of esters is 1. The number of likely N-dealkylation sites (N-methyl/N-ethyl adjacent to an activating group) is 1. The molecule has 0 radical (unpaired) electrons. The van der Waals surface area contributed by atoms with Crippen molar-refractivity contribution < 1.29 is 38.2 Å². The lowest BCUT2D eigenvalue weighted by Crippen LogP contribution is -2.28. The zero-order valence-corrected chi connectivity index (χ0v) is 32.2. The topological polar surface area (TPSA) is 170 Å². The number of amides is 3. The van der Waals surface area contributed by atoms with Crippen LogP contribution in [0.5, 0.6) is 11.5 Å². The Morgan fingerprint density at radius 3 is 2.52 bits per heavy atom. The third-order valence-electron chi connectivity index (χ3n) is 9.29. The zero-order chi connectivity index (χ0) is 39.8. The average molecular weight is 779 g/mol. The van der Waals surface area contributed by atoms with Crippen LogP contribution in [0.4, 0.5) is 22.7 Å². The summed E-state index contributed by atoms with van der Waals surface area (Å²) >= 11 is 1.30. The Kier molecular flexibility index (Phi) is 12.4. The molecule has 15 heteroatoms. The highest BCUT2D eigenvalue weighted by Crippen LogP contribution is 2.36. The second-order valence-electron chi connectivity index (χ2n) is 13.1. The zero-order valence-electron chi connectivity index (χ0n) is 31.4. The molecule has 1 atom stereocenters. The lowest BCUT2D eigenvalue weighted by molar-refractivity contribution is -0.140. The summed E-state index contributed by atoms with van der Waals surface area (Å²) < 4.78 is 18.5. The Labute approximate surface area is 327 Å². The number of aromatic nitrogens is 1. The number of nitrogens with zero attached hydrogens (tertiary/aromatic N) is 3. The summed E-state index contributed by atoms with van der Waals surface area (Å²) in [6.07, 6.45) is 5.65. The SMILES string of the molecule is COC(=O)CCNC(=O)c1cc2cc(NC(=O)c3cc(NC(=O)CCCOc4cc(N=CC5Cc6ccccc6N5C)c(C=O)cc4OC)cn3C)ccc2s1. The predicted molar refractivity (Wildman–Crippen MR) is 216 cm³/mol. The van der Waals surface area contributed by atoms with Gasteiger partial charge in [0.25, 0.3) is 11.8 Å². The van der Waals surface area contributed by atoms with Crippen molar-refractivity contribution in [2.24, 2.45) is 12.0 Å². The Balaban J connectivity index is 0.998. The molecule has 6 rings (SSSR count). The number of aldehydes is 1. The normalized spacial score (nSPS) is 13.4. The molecule has 0 saturated carbocycles. The van der Waals surface area contributed by atoms with E-state index >= 15 is 0 Å². The van der Waals surface area contributed by atoms with Gasteiger partial charge < -0.3 is 39.6 Å². The molecule has 14 nitrogen and oxygen atoms in total. The number of fused-ring (bicyclic) bond motifs is 2. The van der Waals surface area contributed by atoms with E-state index in [0.717, 1.165) is 28.5 Å². The number of aliphatic imine (C=N–C) groups is 1. The lowest BCUT2D eigenvalue weighted by Gasteiger charge is -2.19. The number of hydrogen-bond acceptors (Lipinski definition) is 11. The summed E-state index contributed by atoms with van der Waals surface area (Å²) in [4.78, 5) is 69.1. The van der Waals surface area contributed by atoms with Gasteiger partial charge in [-0.15, -0.1) is 11.3 Å². The monoisotopic (exact) mass is 778 g/mol. The molecular formula is C41H42N6O8S. The number of para-hydroxylation sites is 1. The number of anilines is 3. The molecule has 0 aliphatic carbocycles. The quantitative estimate of drug-likeness (QED) is 0.0459. The van der Waals surface area contributed by atoms with Crippen molar-refractivity contribution >= 4 is 80.4 Å². The van der Waals surface area contributed by atoms with E-state index in [4.69, 9.17) is 9.47 Å². The Bertz CT molecular complexity index is 2310. The van der Waals surface area contributed by atoms with E-state index in [-0.39, 0.29) is 49.8 Å². The molecule has 0 saturated heterocycles. The second-order valence-corrected chi connectivity index (χ2v) is 14.2. The minimum atomic E-state index is -0.408. The van der Waals surface area contributed by atoms with Crippen molar-refractivity contribution in [2.45, 2.75) is 31.7 Å². The molecule has 290 valence electrons. The minimum absolute atomic E-state index is 0.0397. The van der Waals surface area contributed by atoms with Crippen LogP contribution in [0, 0.1) is 0 Å². The number of thiophene rings is 1. The standard InChI is InChI=1S/C41H42N6O8S/c1-46-23-29(20-33(46)40(51)45-28-11-12-36-26(16-28)19-37(56-36)41(52)42-14-13-39(50)54-4)44-38(49)10-7-15-55-35-21-31(27(24-48)18-34(35)53-3)43-22-30-17-25-8-5-6-9-32(25)47(30)2/h5-6,8-9,11-12,16,18-24,30H,7,10,13-15,17H2,1-4H3,(H,42,52)(H,44,49)(H,45,51). The highest BCUT2D eigenvalue weighted by molar-refractivity contribution is 7.20. The number of hydrogen-bond donors (Lipinski definition) is 3. The van der Waals surface area contributed by atoms with E-state index in [9.17, 15) is 24.0 Å². The van der Waals surface area contributed by atoms with Gasteiger partial charge in [0, 0.05) is 67.2 Å². The third-order valence-corrected chi connectivity index (χ3v) is 10.4. The predicted octanol–water partition coefficient (Wildman–Crippen LogP) is 6.17. The molecule has 0 fully saturated rings. The molecule has 0 bridgehead atoms. The summed E-state index contributed by atoms with van der Waals surface area (Å²) in [7, 11) is 6.51. The highest BCUT2D eigenvalue weighted by atomic mass is 32.1. The molecule has 5 aromatic rings. The Hall–Kier alpha value is -6.48. The number of aryl methyl sites for hydroxylation is 1. The van der Waals surface area contributed by atoms with Crippen LogP contribution in [-0.2, 0) is 27.8 Å². The van der Waals surface area contributed by atoms with Crippen LogP contribution in [-0.4, -0.2) is 81.2 Å². The first-order chi connectivity index (χ1) is 27.1. The molecule has 1 unspecified atom stereocenters. The maximum absolute atomic E-state index is 13.2. The Morgan fingerprint density at radius 2 is 1.75 bits per heavy atom. The fourth-order valence-electron chi connectivity index (χ4n) is 6.32. The van der Waals surface area contributed by atoms with E-state index in [2.05, 4.69) is 42.7 Å². The largest absolute Gasteiger partial charge is 0.493 e. The van der Waals surface area contributed by atoms with Crippen LogP contribution in [0.2, 0.25) is 0 Å². The smallest absolute Gasteiger partial charge is 0.307 e. The summed E-state index contributed by atoms with van der Waals surface area (Å²) in [5, 5.41) is 9.20. The lowest BCUT2D eigenvalue weighted by atomic mass is 10.1. The molecule has 3 heterocycles. The number of carbonyl (C=O) groups excluding carboxylic acids is 5. The van der Waals surface area contributed by atoms with E-state index < -0.39 is 5.97 Å². The third kappa shape index (κ3) is 9.24. The van der Waals surface area contributed by atoms with Gasteiger partial charge in [-0.1, -0.05) is 18.2 Å². The van der Waals surface area contributed by atoms with Gasteiger partial charge in [-0.3, -0.25) is 29.0 Å². The maximum atomic E-state index is 13.2. The van der Waals surface area contributed by atoms with Crippen molar-refractivity contribution in [3.05, 3.63) is 94.6 Å². The highest BCUT2D eigenvalue weighted by Gasteiger charge is 2.25. The first kappa shape index (κ1) is 39.2. The van der Waals surface area contributed by atoms with Crippen LogP contribution in [0.3, 0.4) is 0 Å². The average Bonchev–Trinajstić information content (AvgIpc) is 3.89. The van der Waals surface area contributed by atoms with Gasteiger partial charge in [0.1, 0.15) is 5.69 Å². The van der Waals surface area contributed by atoms with Gasteiger partial charge in [-0.25, -0.2) is 0 Å². The van der Waals surface area contributed by atoms with Gasteiger partial charge in [0.05, 0.1) is 49.5 Å². The molecule has 0 spiro atoms. The van der Waals surface area contributed by atoms with Gasteiger partial charge in [0.15, 0.2) is 17.8 Å². The van der Waals surface area contributed by atoms with Crippen LogP contribution >= 0.6 is 11.3 Å². The molecule has 1 aliphatic rings. The van der Waals surface area contributed by atoms with E-state index in [1.807, 2.05) is 31.5 Å². The van der Waals surface area contributed by atoms with Crippen molar-refractivity contribution in [1.29, 1.82) is 0 Å². The van der Waals surface area contributed by atoms with Crippen molar-refractivity contribution in [1.82, 2.24) is 9.88 Å². The van der Waals surface area contributed by atoms with Gasteiger partial charge in [-0.05, 0) is 66.3 Å². The second kappa shape index (κ2) is 17.8. The van der Waals surface area contributed by atoms with Crippen LogP contribution in [0.25, 0.3) is 10.1 Å². The Morgan fingerprint density at radius 1 is 0.929 bits per heavy atom. The molecule has 3 amide bonds. The number of ether oxygens (including phenoxy) is 3. The maximum Gasteiger partial charge on any atom is 0.307 e. The molecule has 56 heavy (non-hydrogen) atoms. The van der Waals surface area contributed by atoms with Crippen LogP contribution < -0.4 is 30.3 Å². The molecule has 1 aliphatic heterocycles. The number of benzene rings is 3. The number of carbonyl (C=O) groups is 5. The summed E-state index contributed by atoms with van der Waals surface area (Å²) in [5.74, 6) is -0.553. The minimum Gasteiger partial charge on any atom is -0.493 e. The molecule has 3 aromatic carbocycles. The van der Waals surface area contributed by atoms with Crippen molar-refractivity contribution in [3.63, 3.8) is 0 Å². The first-order valence-electron chi connectivity index (χ1n) is 17.9. The van der Waals surface area contributed by atoms with Crippen LogP contribution in [0.1, 0.15) is 55.3 Å². The van der Waals surface area contributed by atoms with Crippen molar-refractivity contribution in [2.75, 3.05) is 50.0 Å². The fraction of sp³-hybridized carbons (Fsp3) is 0.268. The van der Waals surface area contributed by atoms with E-state index in [1.165, 1.54) is 31.1 Å².